The van der Waals surface area contributed by atoms with E-state index < -0.39 is 5.97 Å². The van der Waals surface area contributed by atoms with E-state index in [-0.39, 0.29) is 0 Å². The van der Waals surface area contributed by atoms with Gasteiger partial charge >= 0.3 is 5.97 Å². The Kier molecular flexibility index (Phi) is 4.37. The molecule has 0 spiro atoms. The molecule has 104 valence electrons. The maximum Gasteiger partial charge on any atom is 0.337 e. The third-order valence-corrected chi connectivity index (χ3v) is 3.09. The van der Waals surface area contributed by atoms with Crippen molar-refractivity contribution >= 4 is 34.9 Å². The predicted molar refractivity (Wildman–Crippen MR) is 78.7 cm³/mol. The van der Waals surface area contributed by atoms with Crippen molar-refractivity contribution < 1.29 is 14.3 Å². The van der Waals surface area contributed by atoms with Crippen LogP contribution in [-0.4, -0.2) is 13.1 Å². The average Bonchev–Trinajstić information content (AvgIpc) is 2.44. The van der Waals surface area contributed by atoms with Crippen LogP contribution in [0.25, 0.3) is 0 Å². The molecular formula is C14H11Cl2NO3. The van der Waals surface area contributed by atoms with Gasteiger partial charge in [0.1, 0.15) is 11.5 Å². The number of anilines is 1. The molecule has 4 nitrogen and oxygen atoms in total. The highest BCUT2D eigenvalue weighted by Crippen LogP contribution is 2.34. The van der Waals surface area contributed by atoms with Gasteiger partial charge in [0.25, 0.3) is 0 Å². The standard InChI is InChI=1S/C14H11Cl2NO3/c1-19-14(18)8-2-5-12(11(17)6-8)20-13-7-9(15)3-4-10(13)16/h2-7H,17H2,1H3. The fraction of sp³-hybridized carbons (Fsp3) is 0.0714. The smallest absolute Gasteiger partial charge is 0.337 e. The van der Waals surface area contributed by atoms with E-state index in [1.54, 1.807) is 30.3 Å². The van der Waals surface area contributed by atoms with E-state index in [0.29, 0.717) is 32.8 Å². The molecule has 0 saturated carbocycles. The van der Waals surface area contributed by atoms with Crippen molar-refractivity contribution in [3.63, 3.8) is 0 Å². The number of esters is 1. The maximum absolute atomic E-state index is 11.4. The van der Waals surface area contributed by atoms with Crippen LogP contribution in [0, 0.1) is 0 Å². The molecule has 2 aromatic carbocycles. The van der Waals surface area contributed by atoms with Crippen LogP contribution in [0.1, 0.15) is 10.4 Å². The number of carbonyl (C=O) groups is 1. The topological polar surface area (TPSA) is 61.5 Å². The molecule has 0 fully saturated rings. The predicted octanol–water partition coefficient (Wildman–Crippen LogP) is 4.15. The van der Waals surface area contributed by atoms with E-state index in [1.807, 2.05) is 0 Å². The lowest BCUT2D eigenvalue weighted by molar-refractivity contribution is 0.0601. The van der Waals surface area contributed by atoms with Crippen LogP contribution in [-0.2, 0) is 4.74 Å². The monoisotopic (exact) mass is 311 g/mol. The lowest BCUT2D eigenvalue weighted by Crippen LogP contribution is -2.02. The summed E-state index contributed by atoms with van der Waals surface area (Å²) in [5.41, 5.74) is 6.48. The van der Waals surface area contributed by atoms with Gasteiger partial charge in [0.15, 0.2) is 0 Å². The summed E-state index contributed by atoms with van der Waals surface area (Å²) in [4.78, 5) is 11.4. The molecule has 2 rings (SSSR count). The van der Waals surface area contributed by atoms with Crippen molar-refractivity contribution in [2.45, 2.75) is 0 Å². The second-order valence-corrected chi connectivity index (χ2v) is 4.76. The second-order valence-electron chi connectivity index (χ2n) is 3.92. The van der Waals surface area contributed by atoms with Gasteiger partial charge in [0.2, 0.25) is 0 Å². The first-order valence-corrected chi connectivity index (χ1v) is 6.37. The molecule has 20 heavy (non-hydrogen) atoms. The fourth-order valence-electron chi connectivity index (χ4n) is 1.56. The van der Waals surface area contributed by atoms with Crippen molar-refractivity contribution in [2.75, 3.05) is 12.8 Å². The third-order valence-electron chi connectivity index (χ3n) is 2.54. The van der Waals surface area contributed by atoms with Crippen LogP contribution in [0.5, 0.6) is 11.5 Å². The summed E-state index contributed by atoms with van der Waals surface area (Å²) >= 11 is 11.9. The lowest BCUT2D eigenvalue weighted by atomic mass is 10.2. The number of carbonyl (C=O) groups excluding carboxylic acids is 1. The molecule has 2 aromatic rings. The van der Waals surface area contributed by atoms with Gasteiger partial charge in [-0.15, -0.1) is 0 Å². The molecule has 0 aliphatic heterocycles. The molecule has 6 heteroatoms. The van der Waals surface area contributed by atoms with Crippen LogP contribution in [0.3, 0.4) is 0 Å². The van der Waals surface area contributed by atoms with Gasteiger partial charge in [-0.2, -0.15) is 0 Å². The van der Waals surface area contributed by atoms with Crippen molar-refractivity contribution in [3.05, 3.63) is 52.0 Å². The summed E-state index contributed by atoms with van der Waals surface area (Å²) in [7, 11) is 1.30. The summed E-state index contributed by atoms with van der Waals surface area (Å²) in [6, 6.07) is 9.45. The van der Waals surface area contributed by atoms with Crippen LogP contribution in [0.15, 0.2) is 36.4 Å². The Morgan fingerprint density at radius 2 is 1.85 bits per heavy atom. The highest BCUT2D eigenvalue weighted by Gasteiger charge is 2.11. The lowest BCUT2D eigenvalue weighted by Gasteiger charge is -2.11. The summed E-state index contributed by atoms with van der Waals surface area (Å²) < 4.78 is 10.2. The molecule has 0 heterocycles. The minimum absolute atomic E-state index is 0.295. The molecule has 0 atom stereocenters. The Balaban J connectivity index is 2.30. The molecule has 0 aliphatic rings. The van der Waals surface area contributed by atoms with Crippen molar-refractivity contribution in [1.29, 1.82) is 0 Å². The molecule has 0 bridgehead atoms. The highest BCUT2D eigenvalue weighted by atomic mass is 35.5. The van der Waals surface area contributed by atoms with E-state index in [4.69, 9.17) is 33.7 Å². The number of methoxy groups -OCH3 is 1. The first kappa shape index (κ1) is 14.5. The SMILES string of the molecule is COC(=O)c1ccc(Oc2cc(Cl)ccc2Cl)c(N)c1. The average molecular weight is 312 g/mol. The maximum atomic E-state index is 11.4. The Bertz CT molecular complexity index is 659. The second kappa shape index (κ2) is 6.03. The Morgan fingerprint density at radius 1 is 1.10 bits per heavy atom. The van der Waals surface area contributed by atoms with Gasteiger partial charge < -0.3 is 15.2 Å². The fourth-order valence-corrected chi connectivity index (χ4v) is 1.88. The largest absolute Gasteiger partial charge is 0.465 e. The van der Waals surface area contributed by atoms with E-state index >= 15 is 0 Å². The minimum Gasteiger partial charge on any atom is -0.465 e. The first-order valence-electron chi connectivity index (χ1n) is 5.62. The zero-order valence-corrected chi connectivity index (χ0v) is 12.0. The Labute approximate surface area is 126 Å². The molecule has 0 radical (unpaired) electrons. The minimum atomic E-state index is -0.468. The number of nitrogens with two attached hydrogens (primary N) is 1. The van der Waals surface area contributed by atoms with Crippen LogP contribution in [0.2, 0.25) is 10.0 Å². The normalized spacial score (nSPS) is 10.2. The molecule has 0 saturated heterocycles. The van der Waals surface area contributed by atoms with Crippen LogP contribution >= 0.6 is 23.2 Å². The summed E-state index contributed by atoms with van der Waals surface area (Å²) in [6.45, 7) is 0. The number of benzene rings is 2. The molecule has 0 unspecified atom stereocenters. The van der Waals surface area contributed by atoms with Gasteiger partial charge in [-0.05, 0) is 30.3 Å². The van der Waals surface area contributed by atoms with Crippen molar-refractivity contribution in [1.82, 2.24) is 0 Å². The first-order chi connectivity index (χ1) is 9.51. The summed E-state index contributed by atoms with van der Waals surface area (Å²) in [5.74, 6) is 0.294. The van der Waals surface area contributed by atoms with E-state index in [1.165, 1.54) is 13.2 Å². The van der Waals surface area contributed by atoms with Crippen LogP contribution < -0.4 is 10.5 Å². The quantitative estimate of drug-likeness (QED) is 0.683. The molecular weight excluding hydrogens is 301 g/mol. The van der Waals surface area contributed by atoms with E-state index in [9.17, 15) is 4.79 Å². The number of hydrogen-bond acceptors (Lipinski definition) is 4. The van der Waals surface area contributed by atoms with Crippen LogP contribution in [0.4, 0.5) is 5.69 Å². The molecule has 0 amide bonds. The zero-order chi connectivity index (χ0) is 14.7. The van der Waals surface area contributed by atoms with Crippen molar-refractivity contribution in [3.8, 4) is 11.5 Å². The summed E-state index contributed by atoms with van der Waals surface area (Å²) in [6.07, 6.45) is 0. The molecule has 0 aliphatic carbocycles. The van der Waals surface area contributed by atoms with Crippen molar-refractivity contribution in [2.24, 2.45) is 0 Å². The molecule has 2 N–H and O–H groups in total. The van der Waals surface area contributed by atoms with E-state index in [0.717, 1.165) is 0 Å². The third kappa shape index (κ3) is 3.15. The van der Waals surface area contributed by atoms with Gasteiger partial charge in [0.05, 0.1) is 23.4 Å². The Hall–Kier alpha value is -1.91. The van der Waals surface area contributed by atoms with Gasteiger partial charge in [0, 0.05) is 11.1 Å². The molecule has 0 aromatic heterocycles. The number of hydrogen-bond donors (Lipinski definition) is 1. The summed E-state index contributed by atoms with van der Waals surface area (Å²) in [5, 5.41) is 0.903. The number of ether oxygens (including phenoxy) is 2. The van der Waals surface area contributed by atoms with Gasteiger partial charge in [-0.25, -0.2) is 4.79 Å². The number of halogens is 2. The highest BCUT2D eigenvalue weighted by molar-refractivity contribution is 6.34. The van der Waals surface area contributed by atoms with Gasteiger partial charge in [-0.1, -0.05) is 23.2 Å². The zero-order valence-electron chi connectivity index (χ0n) is 10.5. The number of nitrogen functional groups attached to an aromatic ring is 1. The number of rotatable bonds is 3. The van der Waals surface area contributed by atoms with E-state index in [2.05, 4.69) is 4.74 Å². The van der Waals surface area contributed by atoms with Gasteiger partial charge in [-0.3, -0.25) is 0 Å². The Morgan fingerprint density at radius 3 is 2.50 bits per heavy atom.